The first-order valence-electron chi connectivity index (χ1n) is 10.7. The average Bonchev–Trinajstić information content (AvgIpc) is 2.78. The molecule has 7 nitrogen and oxygen atoms in total. The molecule has 1 N–H and O–H groups in total. The van der Waals surface area contributed by atoms with Crippen LogP contribution >= 0.6 is 0 Å². The molecule has 11 heteroatoms. The Hall–Kier alpha value is -2.92. The number of nitrogens with zero attached hydrogens (tertiary/aromatic N) is 2. The van der Waals surface area contributed by atoms with Crippen LogP contribution in [0.4, 0.5) is 18.9 Å². The third kappa shape index (κ3) is 5.95. The fourth-order valence-electron chi connectivity index (χ4n) is 3.82. The van der Waals surface area contributed by atoms with Crippen molar-refractivity contribution in [3.8, 4) is 0 Å². The number of para-hydroxylation sites is 1. The number of nitrogens with one attached hydrogen (secondary N) is 1. The van der Waals surface area contributed by atoms with Gasteiger partial charge in [0.05, 0.1) is 22.7 Å². The lowest BCUT2D eigenvalue weighted by molar-refractivity contribution is -0.137. The lowest BCUT2D eigenvalue weighted by Crippen LogP contribution is -2.39. The molecule has 3 rings (SSSR count). The first-order chi connectivity index (χ1) is 15.9. The number of amides is 2. The molecule has 0 radical (unpaired) electrons. The third-order valence-electron chi connectivity index (χ3n) is 5.59. The van der Waals surface area contributed by atoms with Crippen LogP contribution in [0.25, 0.3) is 0 Å². The Balaban J connectivity index is 1.65. The van der Waals surface area contributed by atoms with Gasteiger partial charge in [-0.25, -0.2) is 8.42 Å². The number of hydrogen-bond acceptors (Lipinski definition) is 4. The molecule has 0 aromatic heterocycles. The Bertz CT molecular complexity index is 1150. The van der Waals surface area contributed by atoms with E-state index in [9.17, 15) is 31.2 Å². The fourth-order valence-corrected chi connectivity index (χ4v) is 5.42. The quantitative estimate of drug-likeness (QED) is 0.657. The summed E-state index contributed by atoms with van der Waals surface area (Å²) in [6.45, 7) is 2.40. The van der Waals surface area contributed by atoms with Crippen LogP contribution in [-0.2, 0) is 21.0 Å². The van der Waals surface area contributed by atoms with Crippen LogP contribution in [0.3, 0.4) is 0 Å². The molecule has 1 saturated heterocycles. The van der Waals surface area contributed by atoms with E-state index in [0.717, 1.165) is 29.9 Å². The minimum absolute atomic E-state index is 0.0716. The molecule has 1 atom stereocenters. The first-order valence-corrected chi connectivity index (χ1v) is 12.2. The van der Waals surface area contributed by atoms with Gasteiger partial charge >= 0.3 is 6.18 Å². The third-order valence-corrected chi connectivity index (χ3v) is 7.47. The van der Waals surface area contributed by atoms with E-state index in [4.69, 9.17) is 0 Å². The van der Waals surface area contributed by atoms with Gasteiger partial charge in [0.25, 0.3) is 5.91 Å². The van der Waals surface area contributed by atoms with Gasteiger partial charge in [0.2, 0.25) is 15.9 Å². The van der Waals surface area contributed by atoms with Gasteiger partial charge in [-0.1, -0.05) is 19.1 Å². The molecule has 2 aromatic rings. The minimum atomic E-state index is -4.64. The van der Waals surface area contributed by atoms with E-state index >= 15 is 0 Å². The topological polar surface area (TPSA) is 86.8 Å². The molecule has 2 aromatic carbocycles. The van der Waals surface area contributed by atoms with Gasteiger partial charge in [0.15, 0.2) is 0 Å². The largest absolute Gasteiger partial charge is 0.418 e. The summed E-state index contributed by atoms with van der Waals surface area (Å²) in [5.74, 6) is -1.10. The Labute approximate surface area is 196 Å². The maximum atomic E-state index is 13.1. The number of rotatable bonds is 6. The lowest BCUT2D eigenvalue weighted by atomic mass is 10.0. The summed E-state index contributed by atoms with van der Waals surface area (Å²) in [6, 6.07) is 9.95. The summed E-state index contributed by atoms with van der Waals surface area (Å²) in [4.78, 5) is 26.1. The maximum absolute atomic E-state index is 13.1. The van der Waals surface area contributed by atoms with Crippen LogP contribution in [0.15, 0.2) is 53.4 Å². The van der Waals surface area contributed by atoms with Gasteiger partial charge in [-0.05, 0) is 55.2 Å². The van der Waals surface area contributed by atoms with Gasteiger partial charge in [0, 0.05) is 25.7 Å². The number of benzene rings is 2. The molecule has 1 aliphatic rings. The van der Waals surface area contributed by atoms with Crippen molar-refractivity contribution in [1.29, 1.82) is 0 Å². The number of halogens is 3. The number of likely N-dealkylation sites (N-methyl/N-ethyl adjacent to an activating group) is 1. The van der Waals surface area contributed by atoms with E-state index in [2.05, 4.69) is 5.32 Å². The predicted molar refractivity (Wildman–Crippen MR) is 121 cm³/mol. The molecule has 1 heterocycles. The highest BCUT2D eigenvalue weighted by Crippen LogP contribution is 2.34. The van der Waals surface area contributed by atoms with Crippen LogP contribution in [-0.4, -0.2) is 56.1 Å². The summed E-state index contributed by atoms with van der Waals surface area (Å²) in [5.41, 5.74) is -1.24. The zero-order chi connectivity index (χ0) is 25.1. The number of anilines is 1. The van der Waals surface area contributed by atoms with Crippen molar-refractivity contribution in [2.24, 2.45) is 5.92 Å². The van der Waals surface area contributed by atoms with Crippen molar-refractivity contribution in [3.63, 3.8) is 0 Å². The highest BCUT2D eigenvalue weighted by atomic mass is 32.2. The first kappa shape index (κ1) is 25.7. The molecule has 1 fully saturated rings. The van der Waals surface area contributed by atoms with Crippen molar-refractivity contribution >= 4 is 27.5 Å². The smallest absolute Gasteiger partial charge is 0.332 e. The second kappa shape index (κ2) is 10.1. The standard InChI is InChI=1S/C23H26F3N3O4S/c1-16-6-5-13-29(14-16)34(32,33)18-11-9-17(10-12-18)22(31)28(2)15-21(30)27-20-8-4-3-7-19(20)23(24,25)26/h3-4,7-12,16H,5-6,13-15H2,1-2H3,(H,27,30)/t16-/m1/s1. The van der Waals surface area contributed by atoms with Crippen LogP contribution < -0.4 is 5.32 Å². The normalized spacial score (nSPS) is 17.3. The highest BCUT2D eigenvalue weighted by Gasteiger charge is 2.34. The lowest BCUT2D eigenvalue weighted by Gasteiger charge is -2.30. The van der Waals surface area contributed by atoms with Crippen molar-refractivity contribution in [3.05, 3.63) is 59.7 Å². The SMILES string of the molecule is C[C@@H]1CCCN(S(=O)(=O)c2ccc(C(=O)N(C)CC(=O)Nc3ccccc3C(F)(F)F)cc2)C1. The average molecular weight is 498 g/mol. The molecule has 184 valence electrons. The Morgan fingerprint density at radius 3 is 2.38 bits per heavy atom. The maximum Gasteiger partial charge on any atom is 0.418 e. The zero-order valence-corrected chi connectivity index (χ0v) is 19.6. The van der Waals surface area contributed by atoms with E-state index < -0.39 is 45.8 Å². The zero-order valence-electron chi connectivity index (χ0n) is 18.8. The number of hydrogen-bond donors (Lipinski definition) is 1. The summed E-state index contributed by atoms with van der Waals surface area (Å²) < 4.78 is 66.5. The van der Waals surface area contributed by atoms with Gasteiger partial charge in [-0.15, -0.1) is 0 Å². The van der Waals surface area contributed by atoms with Crippen LogP contribution in [0, 0.1) is 5.92 Å². The summed E-state index contributed by atoms with van der Waals surface area (Å²) >= 11 is 0. The molecule has 2 amide bonds. The van der Waals surface area contributed by atoms with Crippen molar-refractivity contribution < 1.29 is 31.2 Å². The van der Waals surface area contributed by atoms with E-state index in [1.54, 1.807) is 0 Å². The second-order valence-corrected chi connectivity index (χ2v) is 10.3. The van der Waals surface area contributed by atoms with Crippen LogP contribution in [0.1, 0.15) is 35.7 Å². The summed E-state index contributed by atoms with van der Waals surface area (Å²) in [6.07, 6.45) is -2.88. The number of piperidine rings is 1. The van der Waals surface area contributed by atoms with Gasteiger partial charge in [0.1, 0.15) is 0 Å². The van der Waals surface area contributed by atoms with Gasteiger partial charge in [-0.3, -0.25) is 9.59 Å². The summed E-state index contributed by atoms with van der Waals surface area (Å²) in [5, 5.41) is 2.19. The van der Waals surface area contributed by atoms with E-state index in [1.165, 1.54) is 47.8 Å². The fraction of sp³-hybridized carbons (Fsp3) is 0.391. The highest BCUT2D eigenvalue weighted by molar-refractivity contribution is 7.89. The molecule has 0 spiro atoms. The number of sulfonamides is 1. The molecule has 0 aliphatic carbocycles. The Morgan fingerprint density at radius 1 is 1.12 bits per heavy atom. The van der Waals surface area contributed by atoms with E-state index in [1.807, 2.05) is 6.92 Å². The van der Waals surface area contributed by atoms with Crippen LogP contribution in [0.5, 0.6) is 0 Å². The van der Waals surface area contributed by atoms with Crippen molar-refractivity contribution in [2.75, 3.05) is 32.0 Å². The second-order valence-electron chi connectivity index (χ2n) is 8.39. The molecular weight excluding hydrogens is 471 g/mol. The van der Waals surface area contributed by atoms with E-state index in [0.29, 0.717) is 13.1 Å². The van der Waals surface area contributed by atoms with Crippen LogP contribution in [0.2, 0.25) is 0 Å². The Kier molecular flexibility index (Phi) is 7.67. The van der Waals surface area contributed by atoms with E-state index in [-0.39, 0.29) is 16.4 Å². The molecule has 0 saturated carbocycles. The minimum Gasteiger partial charge on any atom is -0.332 e. The van der Waals surface area contributed by atoms with Crippen molar-refractivity contribution in [2.45, 2.75) is 30.8 Å². The van der Waals surface area contributed by atoms with Crippen molar-refractivity contribution in [1.82, 2.24) is 9.21 Å². The predicted octanol–water partition coefficient (Wildman–Crippen LogP) is 3.84. The molecule has 34 heavy (non-hydrogen) atoms. The number of carbonyl (C=O) groups excluding carboxylic acids is 2. The number of alkyl halides is 3. The molecule has 1 aliphatic heterocycles. The van der Waals surface area contributed by atoms with Gasteiger partial charge < -0.3 is 10.2 Å². The summed E-state index contributed by atoms with van der Waals surface area (Å²) in [7, 11) is -2.34. The Morgan fingerprint density at radius 2 is 1.76 bits per heavy atom. The van der Waals surface area contributed by atoms with Gasteiger partial charge in [-0.2, -0.15) is 17.5 Å². The molecule has 0 bridgehead atoms. The molecular formula is C23H26F3N3O4S. The monoisotopic (exact) mass is 497 g/mol. The number of carbonyl (C=O) groups is 2. The molecule has 0 unspecified atom stereocenters.